The van der Waals surface area contributed by atoms with Crippen LogP contribution in [0.15, 0.2) is 23.2 Å². The van der Waals surface area contributed by atoms with Crippen molar-refractivity contribution in [2.45, 2.75) is 27.3 Å². The molecule has 5 nitrogen and oxygen atoms in total. The molecule has 122 valence electrons. The third-order valence-corrected chi connectivity index (χ3v) is 3.12. The summed E-state index contributed by atoms with van der Waals surface area (Å²) in [6, 6.07) is 3.23. The Morgan fingerprint density at radius 2 is 2.00 bits per heavy atom. The summed E-state index contributed by atoms with van der Waals surface area (Å²) >= 11 is 0. The molecule has 1 amide bonds. The molecule has 0 spiro atoms. The highest BCUT2D eigenvalue weighted by Crippen LogP contribution is 2.12. The highest BCUT2D eigenvalue weighted by molar-refractivity contribution is 5.83. The molecule has 0 saturated heterocycles. The van der Waals surface area contributed by atoms with Crippen molar-refractivity contribution < 1.29 is 13.6 Å². The van der Waals surface area contributed by atoms with Gasteiger partial charge < -0.3 is 16.4 Å². The number of nitrogens with zero attached hydrogens (tertiary/aromatic N) is 1. The van der Waals surface area contributed by atoms with Crippen LogP contribution < -0.4 is 16.4 Å². The first-order chi connectivity index (χ1) is 10.3. The first-order valence-corrected chi connectivity index (χ1v) is 7.02. The van der Waals surface area contributed by atoms with E-state index >= 15 is 0 Å². The van der Waals surface area contributed by atoms with E-state index in [2.05, 4.69) is 15.6 Å². The van der Waals surface area contributed by atoms with E-state index < -0.39 is 23.0 Å². The van der Waals surface area contributed by atoms with Gasteiger partial charge in [0, 0.05) is 18.7 Å². The van der Waals surface area contributed by atoms with Gasteiger partial charge in [0.25, 0.3) is 0 Å². The zero-order valence-electron chi connectivity index (χ0n) is 13.0. The molecule has 22 heavy (non-hydrogen) atoms. The van der Waals surface area contributed by atoms with E-state index in [-0.39, 0.29) is 18.7 Å². The van der Waals surface area contributed by atoms with E-state index in [0.717, 1.165) is 18.2 Å². The fraction of sp³-hybridized carbons (Fsp3) is 0.467. The molecular weight excluding hydrogens is 290 g/mol. The zero-order chi connectivity index (χ0) is 16.8. The van der Waals surface area contributed by atoms with Crippen LogP contribution in [0.4, 0.5) is 8.78 Å². The van der Waals surface area contributed by atoms with Crippen molar-refractivity contribution in [1.29, 1.82) is 0 Å². The van der Waals surface area contributed by atoms with Crippen molar-refractivity contribution in [1.82, 2.24) is 10.6 Å². The van der Waals surface area contributed by atoms with Crippen molar-refractivity contribution in [3.8, 4) is 0 Å². The molecule has 0 bridgehead atoms. The number of benzene rings is 1. The van der Waals surface area contributed by atoms with Crippen LogP contribution in [0.25, 0.3) is 0 Å². The third kappa shape index (κ3) is 5.31. The normalized spacial score (nSPS) is 12.1. The maximum Gasteiger partial charge on any atom is 0.224 e. The number of hydrogen-bond donors (Lipinski definition) is 3. The molecule has 0 radical (unpaired) electrons. The Bertz CT molecular complexity index is 558. The molecule has 0 saturated carbocycles. The smallest absolute Gasteiger partial charge is 0.224 e. The van der Waals surface area contributed by atoms with Gasteiger partial charge in [0.2, 0.25) is 5.91 Å². The fourth-order valence-electron chi connectivity index (χ4n) is 1.56. The van der Waals surface area contributed by atoms with Crippen molar-refractivity contribution >= 4 is 11.9 Å². The zero-order valence-corrected chi connectivity index (χ0v) is 13.0. The summed E-state index contributed by atoms with van der Waals surface area (Å²) in [4.78, 5) is 15.5. The lowest BCUT2D eigenvalue weighted by atomic mass is 9.93. The summed E-state index contributed by atoms with van der Waals surface area (Å²) in [5, 5.41) is 5.94. The maximum atomic E-state index is 13.5. The van der Waals surface area contributed by atoms with E-state index in [1.807, 2.05) is 6.92 Å². The van der Waals surface area contributed by atoms with Crippen LogP contribution in [0.5, 0.6) is 0 Å². The van der Waals surface area contributed by atoms with Crippen molar-refractivity contribution in [2.75, 3.05) is 13.1 Å². The minimum Gasteiger partial charge on any atom is -0.369 e. The second-order valence-electron chi connectivity index (χ2n) is 5.53. The molecule has 0 aliphatic rings. The van der Waals surface area contributed by atoms with Crippen LogP contribution in [-0.2, 0) is 11.3 Å². The molecule has 0 aliphatic carbocycles. The van der Waals surface area contributed by atoms with Crippen LogP contribution in [0.2, 0.25) is 0 Å². The number of carbonyl (C=O) groups is 1. The average Bonchev–Trinajstić information content (AvgIpc) is 2.45. The topological polar surface area (TPSA) is 79.5 Å². The fourth-order valence-corrected chi connectivity index (χ4v) is 1.56. The summed E-state index contributed by atoms with van der Waals surface area (Å²) in [7, 11) is 0. The number of nitrogens with two attached hydrogens (primary N) is 1. The van der Waals surface area contributed by atoms with E-state index in [9.17, 15) is 13.6 Å². The first-order valence-electron chi connectivity index (χ1n) is 7.02. The van der Waals surface area contributed by atoms with Gasteiger partial charge in [-0.15, -0.1) is 0 Å². The minimum absolute atomic E-state index is 0.0179. The lowest BCUT2D eigenvalue weighted by Gasteiger charge is -2.22. The van der Waals surface area contributed by atoms with E-state index in [1.54, 1.807) is 13.8 Å². The van der Waals surface area contributed by atoms with Gasteiger partial charge in [-0.25, -0.2) is 13.8 Å². The van der Waals surface area contributed by atoms with Gasteiger partial charge in [-0.1, -0.05) is 0 Å². The standard InChI is InChI=1S/C15H22F2N4O/c1-4-19-14(21-9-15(2,3)13(18)22)20-8-10-7-11(16)5-6-12(10)17/h5-7H,4,8-9H2,1-3H3,(H2,18,22)(H2,19,20,21). The molecule has 4 N–H and O–H groups in total. The number of rotatable bonds is 6. The number of guanidine groups is 1. The molecule has 1 aromatic carbocycles. The third-order valence-electron chi connectivity index (χ3n) is 3.12. The number of nitrogens with one attached hydrogen (secondary N) is 2. The second kappa shape index (κ2) is 7.72. The molecule has 7 heteroatoms. The van der Waals surface area contributed by atoms with Crippen molar-refractivity contribution in [2.24, 2.45) is 16.1 Å². The van der Waals surface area contributed by atoms with Gasteiger partial charge >= 0.3 is 0 Å². The minimum atomic E-state index is -0.750. The highest BCUT2D eigenvalue weighted by Gasteiger charge is 2.24. The number of amides is 1. The number of aliphatic imine (C=N–C) groups is 1. The van der Waals surface area contributed by atoms with Crippen LogP contribution in [0.3, 0.4) is 0 Å². The second-order valence-corrected chi connectivity index (χ2v) is 5.53. The van der Waals surface area contributed by atoms with Gasteiger partial charge in [-0.3, -0.25) is 4.79 Å². The molecule has 0 fully saturated rings. The largest absolute Gasteiger partial charge is 0.369 e. The predicted molar refractivity (Wildman–Crippen MR) is 82.2 cm³/mol. The highest BCUT2D eigenvalue weighted by atomic mass is 19.1. The lowest BCUT2D eigenvalue weighted by molar-refractivity contribution is -0.125. The van der Waals surface area contributed by atoms with Crippen molar-refractivity contribution in [3.05, 3.63) is 35.4 Å². The Kier molecular flexibility index (Phi) is 6.27. The molecule has 1 aromatic rings. The Labute approximate surface area is 129 Å². The van der Waals surface area contributed by atoms with Crippen LogP contribution in [0, 0.1) is 17.0 Å². The number of halogens is 2. The first kappa shape index (κ1) is 17.9. The number of primary amides is 1. The molecule has 0 heterocycles. The Morgan fingerprint density at radius 3 is 2.59 bits per heavy atom. The molecule has 0 unspecified atom stereocenters. The lowest BCUT2D eigenvalue weighted by Crippen LogP contribution is -2.46. The average molecular weight is 312 g/mol. The monoisotopic (exact) mass is 312 g/mol. The summed E-state index contributed by atoms with van der Waals surface area (Å²) in [6.07, 6.45) is 0. The quantitative estimate of drug-likeness (QED) is 0.550. The SMILES string of the molecule is CCNC(=NCc1cc(F)ccc1F)NCC(C)(C)C(N)=O. The molecule has 0 atom stereocenters. The Morgan fingerprint density at radius 1 is 1.32 bits per heavy atom. The van der Waals surface area contributed by atoms with E-state index in [4.69, 9.17) is 5.73 Å². The van der Waals surface area contributed by atoms with Crippen LogP contribution in [0.1, 0.15) is 26.3 Å². The number of hydrogen-bond acceptors (Lipinski definition) is 2. The molecule has 1 rings (SSSR count). The van der Waals surface area contributed by atoms with Gasteiger partial charge in [0.1, 0.15) is 11.6 Å². The molecule has 0 aromatic heterocycles. The molecule has 0 aliphatic heterocycles. The van der Waals surface area contributed by atoms with E-state index in [1.165, 1.54) is 0 Å². The van der Waals surface area contributed by atoms with Gasteiger partial charge in [0.15, 0.2) is 5.96 Å². The summed E-state index contributed by atoms with van der Waals surface area (Å²) in [5.41, 5.74) is 4.71. The maximum absolute atomic E-state index is 13.5. The van der Waals surface area contributed by atoms with Gasteiger partial charge in [-0.05, 0) is 39.0 Å². The Balaban J connectivity index is 2.77. The summed E-state index contributed by atoms with van der Waals surface area (Å²) in [6.45, 7) is 6.14. The van der Waals surface area contributed by atoms with Gasteiger partial charge in [-0.2, -0.15) is 0 Å². The van der Waals surface area contributed by atoms with Crippen molar-refractivity contribution in [3.63, 3.8) is 0 Å². The van der Waals surface area contributed by atoms with E-state index in [0.29, 0.717) is 12.5 Å². The summed E-state index contributed by atoms with van der Waals surface area (Å²) < 4.78 is 26.7. The molecular formula is C15H22F2N4O. The Hall–Kier alpha value is -2.18. The number of carbonyl (C=O) groups excluding carboxylic acids is 1. The summed E-state index contributed by atoms with van der Waals surface area (Å²) in [5.74, 6) is -1.06. The van der Waals surface area contributed by atoms with Crippen LogP contribution >= 0.6 is 0 Å². The van der Waals surface area contributed by atoms with Crippen LogP contribution in [-0.4, -0.2) is 25.0 Å². The predicted octanol–water partition coefficient (Wildman–Crippen LogP) is 1.53. The van der Waals surface area contributed by atoms with Gasteiger partial charge in [0.05, 0.1) is 12.0 Å².